The number of hydrogen-bond acceptors (Lipinski definition) is 3. The smallest absolute Gasteiger partial charge is 0.0991 e. The highest BCUT2D eigenvalue weighted by atomic mass is 16.3. The number of rotatable bonds is 4. The molecule has 116 valence electrons. The van der Waals surface area contributed by atoms with Crippen LogP contribution in [-0.2, 0) is 6.54 Å². The largest absolute Gasteiger partial charge is 0.398 e. The van der Waals surface area contributed by atoms with Crippen LogP contribution in [0.25, 0.3) is 22.0 Å². The number of aliphatic hydroxyl groups excluding tert-OH is 1. The first kappa shape index (κ1) is 15.1. The number of nitriles is 1. The molecule has 0 unspecified atom stereocenters. The zero-order valence-electron chi connectivity index (χ0n) is 13.1. The van der Waals surface area contributed by atoms with Crippen molar-refractivity contribution in [1.82, 2.24) is 4.57 Å². The summed E-state index contributed by atoms with van der Waals surface area (Å²) in [4.78, 5) is 0. The van der Waals surface area contributed by atoms with Crippen molar-refractivity contribution in [2.75, 3.05) is 12.3 Å². The Balaban J connectivity index is 2.26. The third-order valence-electron chi connectivity index (χ3n) is 4.23. The third-order valence-corrected chi connectivity index (χ3v) is 4.23. The Morgan fingerprint density at radius 1 is 1.22 bits per heavy atom. The number of aromatic nitrogens is 1. The molecular formula is C19H19N3O. The van der Waals surface area contributed by atoms with Gasteiger partial charge in [0.2, 0.25) is 0 Å². The van der Waals surface area contributed by atoms with Gasteiger partial charge in [-0.15, -0.1) is 0 Å². The summed E-state index contributed by atoms with van der Waals surface area (Å²) in [6.45, 7) is 2.90. The van der Waals surface area contributed by atoms with E-state index < -0.39 is 0 Å². The standard InChI is InChI=1S/C19H19N3O/c1-13-15(4-2-5-18(13)21)17-12-22(8-3-9-23)19-7-6-14(11-20)10-16(17)19/h2,4-7,10,12,23H,3,8-9,21H2,1H3. The lowest BCUT2D eigenvalue weighted by atomic mass is 9.98. The van der Waals surface area contributed by atoms with Gasteiger partial charge < -0.3 is 15.4 Å². The monoisotopic (exact) mass is 305 g/mol. The van der Waals surface area contributed by atoms with Gasteiger partial charge in [0.1, 0.15) is 0 Å². The highest BCUT2D eigenvalue weighted by molar-refractivity contribution is 5.98. The molecule has 0 aliphatic rings. The fourth-order valence-electron chi connectivity index (χ4n) is 2.95. The highest BCUT2D eigenvalue weighted by Crippen LogP contribution is 2.35. The Morgan fingerprint density at radius 3 is 2.78 bits per heavy atom. The zero-order chi connectivity index (χ0) is 16.4. The van der Waals surface area contributed by atoms with Crippen LogP contribution in [0, 0.1) is 18.3 Å². The molecule has 23 heavy (non-hydrogen) atoms. The van der Waals surface area contributed by atoms with E-state index in [2.05, 4.69) is 22.9 Å². The normalized spacial score (nSPS) is 10.8. The number of aliphatic hydroxyl groups is 1. The van der Waals surface area contributed by atoms with Gasteiger partial charge in [-0.2, -0.15) is 5.26 Å². The summed E-state index contributed by atoms with van der Waals surface area (Å²) >= 11 is 0. The van der Waals surface area contributed by atoms with Gasteiger partial charge in [-0.05, 0) is 48.7 Å². The fourth-order valence-corrected chi connectivity index (χ4v) is 2.95. The van der Waals surface area contributed by atoms with Crippen LogP contribution in [0.4, 0.5) is 5.69 Å². The number of nitrogens with two attached hydrogens (primary N) is 1. The van der Waals surface area contributed by atoms with E-state index in [1.807, 2.05) is 37.3 Å². The Morgan fingerprint density at radius 2 is 2.04 bits per heavy atom. The summed E-state index contributed by atoms with van der Waals surface area (Å²) in [5, 5.41) is 19.3. The van der Waals surface area contributed by atoms with Crippen LogP contribution < -0.4 is 5.73 Å². The number of nitrogen functional groups attached to an aromatic ring is 1. The highest BCUT2D eigenvalue weighted by Gasteiger charge is 2.13. The molecule has 0 aliphatic carbocycles. The van der Waals surface area contributed by atoms with Gasteiger partial charge in [0.25, 0.3) is 0 Å². The molecule has 3 rings (SSSR count). The number of hydrogen-bond donors (Lipinski definition) is 2. The van der Waals surface area contributed by atoms with Crippen molar-refractivity contribution in [3.63, 3.8) is 0 Å². The molecule has 0 radical (unpaired) electrons. The van der Waals surface area contributed by atoms with Crippen molar-refractivity contribution in [3.05, 3.63) is 53.7 Å². The van der Waals surface area contributed by atoms with Gasteiger partial charge >= 0.3 is 0 Å². The van der Waals surface area contributed by atoms with E-state index >= 15 is 0 Å². The van der Waals surface area contributed by atoms with Gasteiger partial charge in [0.15, 0.2) is 0 Å². The van der Waals surface area contributed by atoms with Crippen LogP contribution in [0.15, 0.2) is 42.6 Å². The summed E-state index contributed by atoms with van der Waals surface area (Å²) in [5.74, 6) is 0. The number of fused-ring (bicyclic) bond motifs is 1. The number of nitrogens with zero attached hydrogens (tertiary/aromatic N) is 2. The minimum absolute atomic E-state index is 0.155. The van der Waals surface area contributed by atoms with Crippen molar-refractivity contribution in [1.29, 1.82) is 5.26 Å². The first-order chi connectivity index (χ1) is 11.2. The third kappa shape index (κ3) is 2.67. The molecule has 0 spiro atoms. The van der Waals surface area contributed by atoms with Crippen LogP contribution in [0.2, 0.25) is 0 Å². The summed E-state index contributed by atoms with van der Waals surface area (Å²) in [5.41, 5.74) is 11.7. The predicted molar refractivity (Wildman–Crippen MR) is 92.9 cm³/mol. The number of benzene rings is 2. The molecule has 1 aromatic heterocycles. The lowest BCUT2D eigenvalue weighted by Crippen LogP contribution is -1.98. The zero-order valence-corrected chi connectivity index (χ0v) is 13.1. The van der Waals surface area contributed by atoms with E-state index in [0.717, 1.165) is 39.8 Å². The van der Waals surface area contributed by atoms with Crippen molar-refractivity contribution in [3.8, 4) is 17.2 Å². The summed E-state index contributed by atoms with van der Waals surface area (Å²) in [7, 11) is 0. The molecule has 4 nitrogen and oxygen atoms in total. The molecule has 0 saturated carbocycles. The quantitative estimate of drug-likeness (QED) is 0.725. The average Bonchev–Trinajstić information content (AvgIpc) is 2.93. The second kappa shape index (κ2) is 6.15. The van der Waals surface area contributed by atoms with Crippen LogP contribution in [0.5, 0.6) is 0 Å². The van der Waals surface area contributed by atoms with Crippen molar-refractivity contribution in [2.24, 2.45) is 0 Å². The van der Waals surface area contributed by atoms with Gasteiger partial charge in [-0.25, -0.2) is 0 Å². The number of anilines is 1. The molecule has 1 heterocycles. The Labute approximate surface area is 135 Å². The van der Waals surface area contributed by atoms with Gasteiger partial charge in [-0.3, -0.25) is 0 Å². The van der Waals surface area contributed by atoms with Crippen molar-refractivity contribution >= 4 is 16.6 Å². The van der Waals surface area contributed by atoms with Crippen molar-refractivity contribution in [2.45, 2.75) is 19.9 Å². The maximum atomic E-state index is 9.20. The van der Waals surface area contributed by atoms with E-state index in [0.29, 0.717) is 12.0 Å². The molecule has 0 amide bonds. The fraction of sp³-hybridized carbons (Fsp3) is 0.211. The molecule has 0 atom stereocenters. The van der Waals surface area contributed by atoms with Crippen LogP contribution in [0.3, 0.4) is 0 Å². The lowest BCUT2D eigenvalue weighted by Gasteiger charge is -2.07. The second-order valence-corrected chi connectivity index (χ2v) is 5.68. The van der Waals surface area contributed by atoms with Crippen LogP contribution >= 0.6 is 0 Å². The van der Waals surface area contributed by atoms with Gasteiger partial charge in [0, 0.05) is 41.5 Å². The molecule has 2 aromatic carbocycles. The predicted octanol–water partition coefficient (Wildman–Crippen LogP) is 3.45. The molecule has 3 aromatic rings. The SMILES string of the molecule is Cc1c(N)cccc1-c1cn(CCCO)c2ccc(C#N)cc12. The van der Waals surface area contributed by atoms with E-state index in [4.69, 9.17) is 10.8 Å². The summed E-state index contributed by atoms with van der Waals surface area (Å²) in [6.07, 6.45) is 2.78. The topological polar surface area (TPSA) is 75.0 Å². The van der Waals surface area contributed by atoms with E-state index in [-0.39, 0.29) is 6.61 Å². The summed E-state index contributed by atoms with van der Waals surface area (Å²) < 4.78 is 2.13. The van der Waals surface area contributed by atoms with Crippen LogP contribution in [0.1, 0.15) is 17.5 Å². The average molecular weight is 305 g/mol. The minimum atomic E-state index is 0.155. The molecule has 3 N–H and O–H groups in total. The molecule has 0 bridgehead atoms. The summed E-state index contributed by atoms with van der Waals surface area (Å²) in [6, 6.07) is 13.8. The second-order valence-electron chi connectivity index (χ2n) is 5.68. The molecule has 4 heteroatoms. The van der Waals surface area contributed by atoms with E-state index in [9.17, 15) is 5.26 Å². The molecule has 0 aliphatic heterocycles. The maximum Gasteiger partial charge on any atom is 0.0991 e. The Bertz CT molecular complexity index is 903. The number of aryl methyl sites for hydroxylation is 1. The van der Waals surface area contributed by atoms with Gasteiger partial charge in [0.05, 0.1) is 11.6 Å². The first-order valence-corrected chi connectivity index (χ1v) is 7.65. The Hall–Kier alpha value is -2.77. The molecule has 0 saturated heterocycles. The van der Waals surface area contributed by atoms with E-state index in [1.54, 1.807) is 0 Å². The van der Waals surface area contributed by atoms with Crippen LogP contribution in [-0.4, -0.2) is 16.3 Å². The molecule has 0 fully saturated rings. The first-order valence-electron chi connectivity index (χ1n) is 7.65. The molecular weight excluding hydrogens is 286 g/mol. The minimum Gasteiger partial charge on any atom is -0.398 e. The van der Waals surface area contributed by atoms with Gasteiger partial charge in [-0.1, -0.05) is 12.1 Å². The Kier molecular flexibility index (Phi) is 4.05. The van der Waals surface area contributed by atoms with Crippen molar-refractivity contribution < 1.29 is 5.11 Å². The lowest BCUT2D eigenvalue weighted by molar-refractivity contribution is 0.280. The van der Waals surface area contributed by atoms with E-state index in [1.165, 1.54) is 0 Å². The maximum absolute atomic E-state index is 9.20.